The van der Waals surface area contributed by atoms with Crippen LogP contribution < -0.4 is 4.74 Å². The second kappa shape index (κ2) is 5.07. The van der Waals surface area contributed by atoms with E-state index in [1.54, 1.807) is 0 Å². The Balaban J connectivity index is 2.60. The molecule has 0 aliphatic carbocycles. The van der Waals surface area contributed by atoms with Crippen LogP contribution in [0, 0.1) is 0 Å². The number of rotatable bonds is 4. The molecule has 1 N–H and O–H groups in total. The number of phenols is 1. The Morgan fingerprint density at radius 3 is 2.25 bits per heavy atom. The van der Waals surface area contributed by atoms with Gasteiger partial charge in [0.25, 0.3) is 0 Å². The molecule has 0 fully saturated rings. The maximum absolute atomic E-state index is 12.1. The maximum atomic E-state index is 12.1. The molecule has 1 unspecified atom stereocenters. The number of benzene rings is 1. The van der Waals surface area contributed by atoms with Gasteiger partial charge in [-0.2, -0.15) is 13.2 Å². The molecule has 0 heterocycles. The fourth-order valence-electron chi connectivity index (χ4n) is 1.04. The summed E-state index contributed by atoms with van der Waals surface area (Å²) in [5.41, 5.74) is 0. The minimum absolute atomic E-state index is 0.0112. The summed E-state index contributed by atoms with van der Waals surface area (Å²) in [7, 11) is 1.14. The first kappa shape index (κ1) is 12.6. The Hall–Kier alpha value is -1.43. The molecule has 0 radical (unpaired) electrons. The van der Waals surface area contributed by atoms with Gasteiger partial charge >= 0.3 is 6.18 Å². The number of hydrogen-bond acceptors (Lipinski definition) is 3. The molecule has 3 nitrogen and oxygen atoms in total. The molecular formula is C10H11F3O3. The minimum Gasteiger partial charge on any atom is -0.508 e. The topological polar surface area (TPSA) is 38.7 Å². The van der Waals surface area contributed by atoms with Gasteiger partial charge in [0.1, 0.15) is 17.9 Å². The summed E-state index contributed by atoms with van der Waals surface area (Å²) in [6, 6.07) is 5.35. The van der Waals surface area contributed by atoms with Gasteiger partial charge < -0.3 is 14.6 Å². The van der Waals surface area contributed by atoms with Gasteiger partial charge in [-0.15, -0.1) is 0 Å². The average molecular weight is 236 g/mol. The molecular weight excluding hydrogens is 225 g/mol. The molecule has 6 heteroatoms. The van der Waals surface area contributed by atoms with E-state index in [1.165, 1.54) is 24.3 Å². The Morgan fingerprint density at radius 1 is 1.25 bits per heavy atom. The van der Waals surface area contributed by atoms with E-state index in [4.69, 9.17) is 9.84 Å². The van der Waals surface area contributed by atoms with Crippen molar-refractivity contribution in [3.63, 3.8) is 0 Å². The molecule has 0 aliphatic rings. The normalized spacial score (nSPS) is 13.5. The van der Waals surface area contributed by atoms with E-state index in [-0.39, 0.29) is 11.5 Å². The maximum Gasteiger partial charge on any atom is 0.395 e. The van der Waals surface area contributed by atoms with Crippen LogP contribution in [-0.2, 0) is 4.74 Å². The van der Waals surface area contributed by atoms with E-state index < -0.39 is 18.9 Å². The molecule has 0 bridgehead atoms. The van der Waals surface area contributed by atoms with E-state index in [9.17, 15) is 13.2 Å². The standard InChI is InChI=1S/C10H11F3O3/c1-15-9(6-10(11,12)13)16-8-4-2-7(14)3-5-8/h2-5,9,14H,6H2,1H3. The van der Waals surface area contributed by atoms with Crippen molar-refractivity contribution in [1.82, 2.24) is 0 Å². The van der Waals surface area contributed by atoms with Gasteiger partial charge in [0.05, 0.1) is 0 Å². The molecule has 0 amide bonds. The van der Waals surface area contributed by atoms with Crippen molar-refractivity contribution in [2.45, 2.75) is 18.9 Å². The highest BCUT2D eigenvalue weighted by atomic mass is 19.4. The van der Waals surface area contributed by atoms with Crippen LogP contribution in [-0.4, -0.2) is 24.7 Å². The first-order valence-electron chi connectivity index (χ1n) is 4.46. The van der Waals surface area contributed by atoms with Crippen molar-refractivity contribution in [2.24, 2.45) is 0 Å². The van der Waals surface area contributed by atoms with Crippen LogP contribution in [0.4, 0.5) is 13.2 Å². The molecule has 0 saturated carbocycles. The zero-order valence-electron chi connectivity index (χ0n) is 8.49. The third-order valence-electron chi connectivity index (χ3n) is 1.77. The predicted octanol–water partition coefficient (Wildman–Crippen LogP) is 2.70. The first-order chi connectivity index (χ1) is 7.40. The van der Waals surface area contributed by atoms with Crippen LogP contribution in [0.1, 0.15) is 6.42 Å². The van der Waals surface area contributed by atoms with E-state index in [2.05, 4.69) is 4.74 Å². The number of methoxy groups -OCH3 is 1. The van der Waals surface area contributed by atoms with Crippen molar-refractivity contribution in [3.8, 4) is 11.5 Å². The zero-order valence-corrected chi connectivity index (χ0v) is 8.49. The largest absolute Gasteiger partial charge is 0.508 e. The summed E-state index contributed by atoms with van der Waals surface area (Å²) in [4.78, 5) is 0. The number of alkyl halides is 3. The molecule has 16 heavy (non-hydrogen) atoms. The number of aromatic hydroxyl groups is 1. The van der Waals surface area contributed by atoms with E-state index in [1.807, 2.05) is 0 Å². The number of hydrogen-bond donors (Lipinski definition) is 1. The van der Waals surface area contributed by atoms with Gasteiger partial charge in [-0.3, -0.25) is 0 Å². The second-order valence-corrected chi connectivity index (χ2v) is 3.10. The van der Waals surface area contributed by atoms with Gasteiger partial charge in [-0.25, -0.2) is 0 Å². The highest BCUT2D eigenvalue weighted by Gasteiger charge is 2.33. The van der Waals surface area contributed by atoms with Gasteiger partial charge in [0.15, 0.2) is 0 Å². The Kier molecular flexibility index (Phi) is 4.00. The molecule has 0 spiro atoms. The first-order valence-corrected chi connectivity index (χ1v) is 4.46. The molecule has 1 atom stereocenters. The fraction of sp³-hybridized carbons (Fsp3) is 0.400. The Morgan fingerprint density at radius 2 is 1.81 bits per heavy atom. The van der Waals surface area contributed by atoms with Crippen LogP contribution >= 0.6 is 0 Å². The predicted molar refractivity (Wildman–Crippen MR) is 50.2 cm³/mol. The quantitative estimate of drug-likeness (QED) is 0.817. The number of halogens is 3. The van der Waals surface area contributed by atoms with E-state index >= 15 is 0 Å². The summed E-state index contributed by atoms with van der Waals surface area (Å²) >= 11 is 0. The van der Waals surface area contributed by atoms with Crippen LogP contribution in [0.5, 0.6) is 11.5 Å². The van der Waals surface area contributed by atoms with Gasteiger partial charge in [-0.1, -0.05) is 0 Å². The van der Waals surface area contributed by atoms with Crippen LogP contribution in [0.25, 0.3) is 0 Å². The number of phenolic OH excluding ortho intramolecular Hbond substituents is 1. The number of ether oxygens (including phenoxy) is 2. The van der Waals surface area contributed by atoms with Crippen molar-refractivity contribution in [3.05, 3.63) is 24.3 Å². The van der Waals surface area contributed by atoms with Crippen LogP contribution in [0.15, 0.2) is 24.3 Å². The van der Waals surface area contributed by atoms with E-state index in [0.29, 0.717) is 0 Å². The van der Waals surface area contributed by atoms with Gasteiger partial charge in [-0.05, 0) is 24.3 Å². The molecule has 1 rings (SSSR count). The molecule has 1 aromatic rings. The fourth-order valence-corrected chi connectivity index (χ4v) is 1.04. The van der Waals surface area contributed by atoms with Crippen molar-refractivity contribution < 1.29 is 27.8 Å². The molecule has 90 valence electrons. The SMILES string of the molecule is COC(CC(F)(F)F)Oc1ccc(O)cc1. The lowest BCUT2D eigenvalue weighted by Gasteiger charge is -2.18. The highest BCUT2D eigenvalue weighted by molar-refractivity contribution is 5.30. The summed E-state index contributed by atoms with van der Waals surface area (Å²) in [6.07, 6.45) is -6.92. The lowest BCUT2D eigenvalue weighted by atomic mass is 10.3. The Bertz CT molecular complexity index is 321. The van der Waals surface area contributed by atoms with Crippen LogP contribution in [0.2, 0.25) is 0 Å². The minimum atomic E-state index is -4.35. The van der Waals surface area contributed by atoms with Crippen molar-refractivity contribution in [2.75, 3.05) is 7.11 Å². The van der Waals surface area contributed by atoms with Gasteiger partial charge in [0, 0.05) is 7.11 Å². The lowest BCUT2D eigenvalue weighted by Crippen LogP contribution is -2.26. The lowest BCUT2D eigenvalue weighted by molar-refractivity contribution is -0.189. The molecule has 0 aliphatic heterocycles. The zero-order chi connectivity index (χ0) is 12.2. The third kappa shape index (κ3) is 4.39. The summed E-state index contributed by atoms with van der Waals surface area (Å²) in [6.45, 7) is 0. The third-order valence-corrected chi connectivity index (χ3v) is 1.77. The van der Waals surface area contributed by atoms with E-state index in [0.717, 1.165) is 7.11 Å². The highest BCUT2D eigenvalue weighted by Crippen LogP contribution is 2.25. The summed E-state index contributed by atoms with van der Waals surface area (Å²) in [5.74, 6) is 0.214. The molecule has 0 saturated heterocycles. The summed E-state index contributed by atoms with van der Waals surface area (Å²) < 4.78 is 45.7. The molecule has 0 aromatic heterocycles. The molecule has 1 aromatic carbocycles. The smallest absolute Gasteiger partial charge is 0.395 e. The Labute approximate surface area is 90.4 Å². The van der Waals surface area contributed by atoms with Gasteiger partial charge in [0.2, 0.25) is 6.29 Å². The second-order valence-electron chi connectivity index (χ2n) is 3.10. The van der Waals surface area contributed by atoms with Crippen molar-refractivity contribution >= 4 is 0 Å². The summed E-state index contributed by atoms with van der Waals surface area (Å²) in [5, 5.41) is 8.97. The van der Waals surface area contributed by atoms with Crippen molar-refractivity contribution in [1.29, 1.82) is 0 Å². The average Bonchev–Trinajstić information content (AvgIpc) is 2.18. The monoisotopic (exact) mass is 236 g/mol. The van der Waals surface area contributed by atoms with Crippen LogP contribution in [0.3, 0.4) is 0 Å².